The van der Waals surface area contributed by atoms with Crippen LogP contribution < -0.4 is 10.2 Å². The van der Waals surface area contributed by atoms with Gasteiger partial charge < -0.3 is 10.2 Å². The zero-order chi connectivity index (χ0) is 14.1. The molecule has 20 heavy (non-hydrogen) atoms. The average Bonchev–Trinajstić information content (AvgIpc) is 3.27. The van der Waals surface area contributed by atoms with Gasteiger partial charge in [0, 0.05) is 25.2 Å². The van der Waals surface area contributed by atoms with Crippen LogP contribution in [-0.2, 0) is 6.54 Å². The Labute approximate surface area is 127 Å². The third-order valence-corrected chi connectivity index (χ3v) is 4.35. The molecule has 1 aromatic carbocycles. The molecule has 0 aliphatic heterocycles. The summed E-state index contributed by atoms with van der Waals surface area (Å²) in [6.45, 7) is 6.59. The minimum absolute atomic E-state index is 0.669. The van der Waals surface area contributed by atoms with Crippen molar-refractivity contribution in [3.8, 4) is 0 Å². The van der Waals surface area contributed by atoms with Crippen LogP contribution >= 0.6 is 11.6 Å². The Balaban J connectivity index is 1.70. The number of rotatable bonds is 7. The fourth-order valence-corrected chi connectivity index (χ4v) is 2.98. The van der Waals surface area contributed by atoms with Crippen molar-refractivity contribution in [1.29, 1.82) is 0 Å². The zero-order valence-corrected chi connectivity index (χ0v) is 13.3. The summed E-state index contributed by atoms with van der Waals surface area (Å²) < 4.78 is 0. The molecule has 1 N–H and O–H groups in total. The van der Waals surface area contributed by atoms with Crippen molar-refractivity contribution in [2.24, 2.45) is 5.92 Å². The number of halogens is 1. The van der Waals surface area contributed by atoms with Gasteiger partial charge in [0.2, 0.25) is 0 Å². The second-order valence-corrected chi connectivity index (χ2v) is 7.13. The van der Waals surface area contributed by atoms with Crippen LogP contribution in [0.25, 0.3) is 0 Å². The van der Waals surface area contributed by atoms with Crippen LogP contribution in [0.3, 0.4) is 0 Å². The van der Waals surface area contributed by atoms with Crippen LogP contribution in [0, 0.1) is 5.92 Å². The van der Waals surface area contributed by atoms with Crippen molar-refractivity contribution in [3.05, 3.63) is 28.8 Å². The SMILES string of the molecule is CC(C)CN(c1ccc(CNC2CC2)cc1Cl)C1CC1. The van der Waals surface area contributed by atoms with E-state index in [-0.39, 0.29) is 0 Å². The first-order valence-electron chi connectivity index (χ1n) is 7.92. The van der Waals surface area contributed by atoms with E-state index in [2.05, 4.69) is 42.3 Å². The highest BCUT2D eigenvalue weighted by Gasteiger charge is 2.30. The lowest BCUT2D eigenvalue weighted by Crippen LogP contribution is -2.30. The van der Waals surface area contributed by atoms with Gasteiger partial charge in [0.15, 0.2) is 0 Å². The summed E-state index contributed by atoms with van der Waals surface area (Å²) in [6, 6.07) is 8.05. The highest BCUT2D eigenvalue weighted by atomic mass is 35.5. The summed E-state index contributed by atoms with van der Waals surface area (Å²) in [7, 11) is 0. The fourth-order valence-electron chi connectivity index (χ4n) is 2.67. The maximum absolute atomic E-state index is 6.54. The largest absolute Gasteiger partial charge is 0.367 e. The Bertz CT molecular complexity index is 464. The van der Waals surface area contributed by atoms with Gasteiger partial charge in [0.25, 0.3) is 0 Å². The molecule has 2 fully saturated rings. The van der Waals surface area contributed by atoms with Gasteiger partial charge in [-0.05, 0) is 49.3 Å². The molecule has 3 heteroatoms. The van der Waals surface area contributed by atoms with Crippen LogP contribution in [0.15, 0.2) is 18.2 Å². The third-order valence-electron chi connectivity index (χ3n) is 4.04. The number of benzene rings is 1. The summed E-state index contributed by atoms with van der Waals surface area (Å²) in [5.74, 6) is 0.669. The molecule has 0 heterocycles. The van der Waals surface area contributed by atoms with E-state index < -0.39 is 0 Å². The van der Waals surface area contributed by atoms with Crippen LogP contribution in [0.5, 0.6) is 0 Å². The summed E-state index contributed by atoms with van der Waals surface area (Å²) in [5, 5.41) is 4.45. The molecule has 2 aliphatic carbocycles. The number of hydrogen-bond acceptors (Lipinski definition) is 2. The van der Waals surface area contributed by atoms with Gasteiger partial charge in [0.1, 0.15) is 0 Å². The van der Waals surface area contributed by atoms with Crippen molar-refractivity contribution in [1.82, 2.24) is 5.32 Å². The molecule has 0 aromatic heterocycles. The predicted octanol–water partition coefficient (Wildman–Crippen LogP) is 4.22. The lowest BCUT2D eigenvalue weighted by atomic mass is 10.1. The summed E-state index contributed by atoms with van der Waals surface area (Å²) in [5.41, 5.74) is 2.52. The summed E-state index contributed by atoms with van der Waals surface area (Å²) in [4.78, 5) is 2.51. The van der Waals surface area contributed by atoms with E-state index in [1.165, 1.54) is 36.9 Å². The van der Waals surface area contributed by atoms with Gasteiger partial charge in [-0.25, -0.2) is 0 Å². The van der Waals surface area contributed by atoms with Gasteiger partial charge in [-0.3, -0.25) is 0 Å². The highest BCUT2D eigenvalue weighted by molar-refractivity contribution is 6.33. The Kier molecular flexibility index (Phi) is 4.23. The second-order valence-electron chi connectivity index (χ2n) is 6.72. The molecule has 2 aliphatic rings. The molecule has 0 atom stereocenters. The molecular formula is C17H25ClN2. The topological polar surface area (TPSA) is 15.3 Å². The van der Waals surface area contributed by atoms with Crippen molar-refractivity contribution >= 4 is 17.3 Å². The molecule has 0 saturated heterocycles. The van der Waals surface area contributed by atoms with E-state index >= 15 is 0 Å². The minimum Gasteiger partial charge on any atom is -0.367 e. The molecule has 0 radical (unpaired) electrons. The first-order chi connectivity index (χ1) is 9.63. The highest BCUT2D eigenvalue weighted by Crippen LogP contribution is 2.36. The summed E-state index contributed by atoms with van der Waals surface area (Å²) in [6.07, 6.45) is 5.29. The van der Waals surface area contributed by atoms with E-state index in [0.29, 0.717) is 12.0 Å². The molecule has 110 valence electrons. The molecule has 0 bridgehead atoms. The van der Waals surface area contributed by atoms with Crippen LogP contribution in [0.4, 0.5) is 5.69 Å². The van der Waals surface area contributed by atoms with E-state index in [1.807, 2.05) is 0 Å². The normalized spacial score (nSPS) is 18.6. The molecule has 3 rings (SSSR count). The lowest BCUT2D eigenvalue weighted by Gasteiger charge is -2.28. The van der Waals surface area contributed by atoms with Crippen molar-refractivity contribution in [2.75, 3.05) is 11.4 Å². The molecule has 0 unspecified atom stereocenters. The quantitative estimate of drug-likeness (QED) is 0.809. The van der Waals surface area contributed by atoms with E-state index in [0.717, 1.165) is 24.2 Å². The van der Waals surface area contributed by atoms with Crippen molar-refractivity contribution < 1.29 is 0 Å². The smallest absolute Gasteiger partial charge is 0.0642 e. The van der Waals surface area contributed by atoms with Crippen LogP contribution in [-0.4, -0.2) is 18.6 Å². The average molecular weight is 293 g/mol. The Morgan fingerprint density at radius 2 is 2.00 bits per heavy atom. The number of nitrogens with one attached hydrogen (secondary N) is 1. The monoisotopic (exact) mass is 292 g/mol. The molecular weight excluding hydrogens is 268 g/mol. The Morgan fingerprint density at radius 1 is 1.25 bits per heavy atom. The molecule has 2 nitrogen and oxygen atoms in total. The van der Waals surface area contributed by atoms with E-state index in [9.17, 15) is 0 Å². The standard InChI is InChI=1S/C17H25ClN2/c1-12(2)11-20(15-6-7-15)17-8-3-13(9-16(17)18)10-19-14-4-5-14/h3,8-9,12,14-15,19H,4-7,10-11H2,1-2H3. The second kappa shape index (κ2) is 5.95. The van der Waals surface area contributed by atoms with E-state index in [4.69, 9.17) is 11.6 Å². The minimum atomic E-state index is 0.669. The number of anilines is 1. The predicted molar refractivity (Wildman–Crippen MR) is 86.5 cm³/mol. The van der Waals surface area contributed by atoms with Gasteiger partial charge in [-0.15, -0.1) is 0 Å². The van der Waals surface area contributed by atoms with Crippen LogP contribution in [0.1, 0.15) is 45.1 Å². The van der Waals surface area contributed by atoms with Crippen LogP contribution in [0.2, 0.25) is 5.02 Å². The Morgan fingerprint density at radius 3 is 2.55 bits per heavy atom. The van der Waals surface area contributed by atoms with Crippen molar-refractivity contribution in [3.63, 3.8) is 0 Å². The van der Waals surface area contributed by atoms with Crippen molar-refractivity contribution in [2.45, 2.75) is 58.2 Å². The third kappa shape index (κ3) is 3.67. The lowest BCUT2D eigenvalue weighted by molar-refractivity contribution is 0.607. The molecule has 1 aromatic rings. The Hall–Kier alpha value is -0.730. The van der Waals surface area contributed by atoms with Gasteiger partial charge in [0.05, 0.1) is 10.7 Å². The van der Waals surface area contributed by atoms with E-state index in [1.54, 1.807) is 0 Å². The first kappa shape index (κ1) is 14.2. The molecule has 0 spiro atoms. The zero-order valence-electron chi connectivity index (χ0n) is 12.5. The maximum atomic E-state index is 6.54. The number of hydrogen-bond donors (Lipinski definition) is 1. The summed E-state index contributed by atoms with van der Waals surface area (Å²) >= 11 is 6.54. The van der Waals surface area contributed by atoms with Gasteiger partial charge in [-0.2, -0.15) is 0 Å². The fraction of sp³-hybridized carbons (Fsp3) is 0.647. The molecule has 0 amide bonds. The van der Waals surface area contributed by atoms with Gasteiger partial charge in [-0.1, -0.05) is 31.5 Å². The van der Waals surface area contributed by atoms with Gasteiger partial charge >= 0.3 is 0 Å². The molecule has 2 saturated carbocycles. The first-order valence-corrected chi connectivity index (χ1v) is 8.29. The maximum Gasteiger partial charge on any atom is 0.0642 e. The number of nitrogens with zero attached hydrogens (tertiary/aromatic N) is 1.